The lowest BCUT2D eigenvalue weighted by atomic mass is 9.90. The van der Waals surface area contributed by atoms with Gasteiger partial charge in [-0.3, -0.25) is 14.9 Å². The minimum Gasteiger partial charge on any atom is -0.298 e. The number of halogens is 3. The van der Waals surface area contributed by atoms with Gasteiger partial charge in [-0.05, 0) is 17.5 Å². The predicted octanol–water partition coefficient (Wildman–Crippen LogP) is 3.61. The highest BCUT2D eigenvalue weighted by molar-refractivity contribution is 6.06. The summed E-state index contributed by atoms with van der Waals surface area (Å²) < 4.78 is 37.4. The number of aryl methyl sites for hydroxylation is 1. The van der Waals surface area contributed by atoms with Crippen LogP contribution in [0.1, 0.15) is 23.5 Å². The van der Waals surface area contributed by atoms with E-state index >= 15 is 0 Å². The minimum absolute atomic E-state index is 0.0190. The van der Waals surface area contributed by atoms with Crippen LogP contribution in [0.25, 0.3) is 0 Å². The number of benzene rings is 2. The van der Waals surface area contributed by atoms with Gasteiger partial charge in [-0.25, -0.2) is 0 Å². The molecule has 1 atom stereocenters. The molecular formula is C18H16F3NO2. The Morgan fingerprint density at radius 2 is 1.46 bits per heavy atom. The molecule has 1 N–H and O–H groups in total. The predicted molar refractivity (Wildman–Crippen MR) is 83.2 cm³/mol. The van der Waals surface area contributed by atoms with Gasteiger partial charge in [-0.15, -0.1) is 0 Å². The third-order valence-corrected chi connectivity index (χ3v) is 3.48. The Bertz CT molecular complexity index is 684. The first-order chi connectivity index (χ1) is 11.4. The van der Waals surface area contributed by atoms with E-state index in [0.717, 1.165) is 10.9 Å². The Morgan fingerprint density at radius 1 is 0.917 bits per heavy atom. The number of ketones is 1. The highest BCUT2D eigenvalue weighted by atomic mass is 19.4. The molecule has 0 fully saturated rings. The van der Waals surface area contributed by atoms with Crippen molar-refractivity contribution < 1.29 is 22.8 Å². The number of carbonyl (C=O) groups is 2. The SMILES string of the molecule is O=C(CCc1ccccc1)C(C(=O)NC(F)(F)F)c1ccccc1. The maximum absolute atomic E-state index is 12.5. The highest BCUT2D eigenvalue weighted by Gasteiger charge is 2.36. The van der Waals surface area contributed by atoms with Crippen molar-refractivity contribution >= 4 is 11.7 Å². The maximum atomic E-state index is 12.5. The zero-order valence-electron chi connectivity index (χ0n) is 12.7. The second kappa shape index (κ2) is 7.77. The van der Waals surface area contributed by atoms with E-state index in [9.17, 15) is 22.8 Å². The first-order valence-corrected chi connectivity index (χ1v) is 7.37. The Hall–Kier alpha value is -2.63. The van der Waals surface area contributed by atoms with E-state index in [2.05, 4.69) is 0 Å². The smallest absolute Gasteiger partial charge is 0.298 e. The second-order valence-electron chi connectivity index (χ2n) is 5.28. The Labute approximate surface area is 137 Å². The van der Waals surface area contributed by atoms with Gasteiger partial charge >= 0.3 is 6.30 Å². The first kappa shape index (κ1) is 17.7. The zero-order valence-corrected chi connectivity index (χ0v) is 12.7. The van der Waals surface area contributed by atoms with Crippen LogP contribution >= 0.6 is 0 Å². The molecule has 2 rings (SSSR count). The van der Waals surface area contributed by atoms with Gasteiger partial charge in [0.1, 0.15) is 11.7 Å². The molecule has 0 saturated carbocycles. The summed E-state index contributed by atoms with van der Waals surface area (Å²) in [4.78, 5) is 24.4. The van der Waals surface area contributed by atoms with Crippen molar-refractivity contribution in [2.45, 2.75) is 25.1 Å². The number of amides is 1. The normalized spacial score (nSPS) is 12.5. The highest BCUT2D eigenvalue weighted by Crippen LogP contribution is 2.22. The van der Waals surface area contributed by atoms with Gasteiger partial charge in [-0.2, -0.15) is 13.2 Å². The molecule has 3 nitrogen and oxygen atoms in total. The Morgan fingerprint density at radius 3 is 2.00 bits per heavy atom. The van der Waals surface area contributed by atoms with Gasteiger partial charge in [0.05, 0.1) is 0 Å². The van der Waals surface area contributed by atoms with Crippen LogP contribution in [0.4, 0.5) is 13.2 Å². The molecule has 24 heavy (non-hydrogen) atoms. The lowest BCUT2D eigenvalue weighted by molar-refractivity contribution is -0.170. The van der Waals surface area contributed by atoms with Gasteiger partial charge in [-0.1, -0.05) is 60.7 Å². The number of carbonyl (C=O) groups excluding carboxylic acids is 2. The quantitative estimate of drug-likeness (QED) is 0.647. The fourth-order valence-corrected chi connectivity index (χ4v) is 2.40. The Kier molecular flexibility index (Phi) is 5.73. The van der Waals surface area contributed by atoms with Crippen molar-refractivity contribution in [3.8, 4) is 0 Å². The number of alkyl halides is 3. The van der Waals surface area contributed by atoms with Gasteiger partial charge in [0.15, 0.2) is 0 Å². The molecule has 0 spiro atoms. The van der Waals surface area contributed by atoms with Crippen LogP contribution in [-0.2, 0) is 16.0 Å². The van der Waals surface area contributed by atoms with E-state index in [1.54, 1.807) is 18.2 Å². The molecule has 0 radical (unpaired) electrons. The van der Waals surface area contributed by atoms with Crippen LogP contribution in [0.3, 0.4) is 0 Å². The summed E-state index contributed by atoms with van der Waals surface area (Å²) in [6.07, 6.45) is -4.53. The summed E-state index contributed by atoms with van der Waals surface area (Å²) >= 11 is 0. The van der Waals surface area contributed by atoms with Crippen LogP contribution in [-0.4, -0.2) is 18.0 Å². The summed E-state index contributed by atoms with van der Waals surface area (Å²) in [5, 5.41) is 0.937. The van der Waals surface area contributed by atoms with Crippen molar-refractivity contribution in [1.82, 2.24) is 5.32 Å². The van der Waals surface area contributed by atoms with Crippen LogP contribution < -0.4 is 5.32 Å². The number of hydrogen-bond donors (Lipinski definition) is 1. The monoisotopic (exact) mass is 335 g/mol. The molecule has 2 aromatic carbocycles. The molecule has 0 aromatic heterocycles. The third kappa shape index (κ3) is 5.22. The molecule has 0 bridgehead atoms. The summed E-state index contributed by atoms with van der Waals surface area (Å²) in [5.74, 6) is -3.38. The molecule has 0 aliphatic heterocycles. The number of hydrogen-bond acceptors (Lipinski definition) is 2. The molecule has 1 amide bonds. The molecule has 126 valence electrons. The van der Waals surface area contributed by atoms with Crippen molar-refractivity contribution in [1.29, 1.82) is 0 Å². The topological polar surface area (TPSA) is 46.2 Å². The lowest BCUT2D eigenvalue weighted by Gasteiger charge is -2.17. The minimum atomic E-state index is -4.87. The molecule has 2 aromatic rings. The van der Waals surface area contributed by atoms with Crippen molar-refractivity contribution in [3.63, 3.8) is 0 Å². The molecule has 6 heteroatoms. The van der Waals surface area contributed by atoms with Crippen molar-refractivity contribution in [2.24, 2.45) is 0 Å². The van der Waals surface area contributed by atoms with Crippen molar-refractivity contribution in [2.75, 3.05) is 0 Å². The molecule has 1 unspecified atom stereocenters. The summed E-state index contributed by atoms with van der Waals surface area (Å²) in [6.45, 7) is 0. The van der Waals surface area contributed by atoms with Crippen LogP contribution in [0.15, 0.2) is 60.7 Å². The molecule has 0 aliphatic carbocycles. The third-order valence-electron chi connectivity index (χ3n) is 3.48. The average Bonchev–Trinajstić information content (AvgIpc) is 2.53. The van der Waals surface area contributed by atoms with Gasteiger partial charge < -0.3 is 0 Å². The van der Waals surface area contributed by atoms with Gasteiger partial charge in [0.2, 0.25) is 5.91 Å². The van der Waals surface area contributed by atoms with E-state index in [4.69, 9.17) is 0 Å². The standard InChI is InChI=1S/C18H16F3NO2/c19-18(20,21)22-17(24)16(14-9-5-2-6-10-14)15(23)12-11-13-7-3-1-4-8-13/h1-10,16H,11-12H2,(H,22,24). The van der Waals surface area contributed by atoms with Crippen LogP contribution in [0, 0.1) is 0 Å². The molecule has 0 aliphatic rings. The van der Waals surface area contributed by atoms with E-state index in [0.29, 0.717) is 6.42 Å². The number of Topliss-reactive ketones (excluding diaryl/α,β-unsaturated/α-hetero) is 1. The fourth-order valence-electron chi connectivity index (χ4n) is 2.40. The lowest BCUT2D eigenvalue weighted by Crippen LogP contribution is -2.42. The van der Waals surface area contributed by atoms with Gasteiger partial charge in [0, 0.05) is 6.42 Å². The van der Waals surface area contributed by atoms with Crippen molar-refractivity contribution in [3.05, 3.63) is 71.8 Å². The number of nitrogens with one attached hydrogen (secondary N) is 1. The molecule has 0 heterocycles. The van der Waals surface area contributed by atoms with E-state index in [1.165, 1.54) is 12.1 Å². The van der Waals surface area contributed by atoms with Crippen LogP contribution in [0.2, 0.25) is 0 Å². The summed E-state index contributed by atoms with van der Waals surface area (Å²) in [6, 6.07) is 16.9. The average molecular weight is 335 g/mol. The van der Waals surface area contributed by atoms with Gasteiger partial charge in [0.25, 0.3) is 0 Å². The zero-order chi connectivity index (χ0) is 17.6. The van der Waals surface area contributed by atoms with E-state index in [-0.39, 0.29) is 12.0 Å². The Balaban J connectivity index is 2.16. The largest absolute Gasteiger partial charge is 0.484 e. The van der Waals surface area contributed by atoms with E-state index in [1.807, 2.05) is 30.3 Å². The fraction of sp³-hybridized carbons (Fsp3) is 0.222. The number of rotatable bonds is 6. The molecule has 0 saturated heterocycles. The van der Waals surface area contributed by atoms with Crippen LogP contribution in [0.5, 0.6) is 0 Å². The summed E-state index contributed by atoms with van der Waals surface area (Å²) in [5.41, 5.74) is 1.13. The second-order valence-corrected chi connectivity index (χ2v) is 5.28. The maximum Gasteiger partial charge on any atom is 0.484 e. The van der Waals surface area contributed by atoms with E-state index < -0.39 is 23.9 Å². The first-order valence-electron chi connectivity index (χ1n) is 7.37. The molecular weight excluding hydrogens is 319 g/mol. The summed E-state index contributed by atoms with van der Waals surface area (Å²) in [7, 11) is 0.